The van der Waals surface area contributed by atoms with Gasteiger partial charge >= 0.3 is 0 Å². The van der Waals surface area contributed by atoms with E-state index in [1.54, 1.807) is 13.2 Å². The highest BCUT2D eigenvalue weighted by Gasteiger charge is 2.23. The average Bonchev–Trinajstić information content (AvgIpc) is 2.92. The van der Waals surface area contributed by atoms with Crippen molar-refractivity contribution in [1.82, 2.24) is 5.32 Å². The normalized spacial score (nSPS) is 15.4. The second-order valence-corrected chi connectivity index (χ2v) is 7.30. The summed E-state index contributed by atoms with van der Waals surface area (Å²) in [6.45, 7) is 0.353. The molecule has 0 radical (unpaired) electrons. The number of methoxy groups -OCH3 is 1. The highest BCUT2D eigenvalue weighted by atomic mass is 35.5. The Morgan fingerprint density at radius 2 is 2.00 bits per heavy atom. The van der Waals surface area contributed by atoms with Crippen molar-refractivity contribution in [3.8, 4) is 11.5 Å². The van der Waals surface area contributed by atoms with Crippen molar-refractivity contribution in [3.63, 3.8) is 0 Å². The highest BCUT2D eigenvalue weighted by Crippen LogP contribution is 2.35. The molecule has 0 bridgehead atoms. The summed E-state index contributed by atoms with van der Waals surface area (Å²) in [4.78, 5) is 12.4. The van der Waals surface area contributed by atoms with E-state index in [9.17, 15) is 4.79 Å². The first-order valence-electron chi connectivity index (χ1n) is 7.36. The number of benzene rings is 2. The first-order chi connectivity index (χ1) is 12.1. The fourth-order valence-corrected chi connectivity index (χ4v) is 3.42. The molecule has 1 aliphatic rings. The topological polar surface area (TPSA) is 47.6 Å². The van der Waals surface area contributed by atoms with Crippen LogP contribution in [0.3, 0.4) is 0 Å². The van der Waals surface area contributed by atoms with Crippen LogP contribution in [0.4, 0.5) is 0 Å². The molecular formula is C18H14ClNO3S2. The third-order valence-electron chi connectivity index (χ3n) is 3.45. The average molecular weight is 392 g/mol. The predicted octanol–water partition coefficient (Wildman–Crippen LogP) is 4.42. The smallest absolute Gasteiger partial charge is 0.263 e. The standard InChI is InChI=1S/C18H14ClNO3S2/c1-22-14-4-2-3-12(9-15-17(21)20-18(24)25-15)16(14)23-10-11-5-7-13(19)8-6-11/h2-9H,10H2,1H3,(H,20,21,24). The van der Waals surface area contributed by atoms with E-state index in [0.29, 0.717) is 32.4 Å². The number of ether oxygens (including phenoxy) is 2. The molecule has 4 nitrogen and oxygen atoms in total. The minimum Gasteiger partial charge on any atom is -0.493 e. The zero-order chi connectivity index (χ0) is 17.8. The summed E-state index contributed by atoms with van der Waals surface area (Å²) in [5, 5.41) is 3.27. The molecule has 0 aromatic heterocycles. The van der Waals surface area contributed by atoms with E-state index in [1.165, 1.54) is 11.8 Å². The number of carbonyl (C=O) groups is 1. The summed E-state index contributed by atoms with van der Waals surface area (Å²) in [5.74, 6) is 0.953. The number of para-hydroxylation sites is 1. The van der Waals surface area contributed by atoms with Crippen molar-refractivity contribution >= 4 is 51.9 Å². The molecule has 1 fully saturated rings. The Labute approximate surface area is 160 Å². The first-order valence-corrected chi connectivity index (χ1v) is 8.96. The van der Waals surface area contributed by atoms with Crippen LogP contribution in [0.25, 0.3) is 6.08 Å². The molecule has 25 heavy (non-hydrogen) atoms. The maximum Gasteiger partial charge on any atom is 0.263 e. The lowest BCUT2D eigenvalue weighted by Crippen LogP contribution is -2.17. The predicted molar refractivity (Wildman–Crippen MR) is 105 cm³/mol. The molecule has 0 spiro atoms. The van der Waals surface area contributed by atoms with Gasteiger partial charge < -0.3 is 14.8 Å². The van der Waals surface area contributed by atoms with Gasteiger partial charge in [0.1, 0.15) is 10.9 Å². The molecule has 0 aliphatic carbocycles. The SMILES string of the molecule is COc1cccc(C=C2SC(=S)NC2=O)c1OCc1ccc(Cl)cc1. The second-order valence-electron chi connectivity index (χ2n) is 5.15. The van der Waals surface area contributed by atoms with E-state index in [-0.39, 0.29) is 5.91 Å². The summed E-state index contributed by atoms with van der Waals surface area (Å²) >= 11 is 12.2. The van der Waals surface area contributed by atoms with Gasteiger partial charge in [-0.15, -0.1) is 0 Å². The van der Waals surface area contributed by atoms with Crippen LogP contribution >= 0.6 is 35.6 Å². The Hall–Kier alpha value is -2.02. The number of thioether (sulfide) groups is 1. The molecule has 2 aromatic carbocycles. The number of nitrogens with one attached hydrogen (secondary N) is 1. The number of hydrogen-bond acceptors (Lipinski definition) is 5. The number of rotatable bonds is 5. The molecule has 3 rings (SSSR count). The number of carbonyl (C=O) groups excluding carboxylic acids is 1. The Kier molecular flexibility index (Phi) is 5.63. The van der Waals surface area contributed by atoms with Crippen LogP contribution in [0, 0.1) is 0 Å². The van der Waals surface area contributed by atoms with Crippen LogP contribution in [-0.2, 0) is 11.4 Å². The Balaban J connectivity index is 1.89. The fourth-order valence-electron chi connectivity index (χ4n) is 2.26. The minimum absolute atomic E-state index is 0.207. The van der Waals surface area contributed by atoms with Gasteiger partial charge in [-0.25, -0.2) is 0 Å². The molecule has 0 atom stereocenters. The van der Waals surface area contributed by atoms with Crippen molar-refractivity contribution in [1.29, 1.82) is 0 Å². The lowest BCUT2D eigenvalue weighted by atomic mass is 10.1. The summed E-state index contributed by atoms with van der Waals surface area (Å²) in [5.41, 5.74) is 1.72. The summed E-state index contributed by atoms with van der Waals surface area (Å²) in [6.07, 6.45) is 1.75. The van der Waals surface area contributed by atoms with Crippen LogP contribution in [-0.4, -0.2) is 17.3 Å². The number of amides is 1. The molecule has 1 amide bonds. The molecule has 1 heterocycles. The molecule has 2 aromatic rings. The van der Waals surface area contributed by atoms with Gasteiger partial charge in [0.05, 0.1) is 12.0 Å². The van der Waals surface area contributed by atoms with Gasteiger partial charge in [0, 0.05) is 10.6 Å². The molecule has 1 saturated heterocycles. The van der Waals surface area contributed by atoms with Gasteiger partial charge in [-0.1, -0.05) is 59.8 Å². The minimum atomic E-state index is -0.207. The third kappa shape index (κ3) is 4.34. The van der Waals surface area contributed by atoms with Crippen LogP contribution in [0.2, 0.25) is 5.02 Å². The van der Waals surface area contributed by atoms with Gasteiger partial charge in [0.2, 0.25) is 0 Å². The van der Waals surface area contributed by atoms with Gasteiger partial charge in [-0.3, -0.25) is 4.79 Å². The third-order valence-corrected chi connectivity index (χ3v) is 4.87. The summed E-state index contributed by atoms with van der Waals surface area (Å²) < 4.78 is 11.8. The van der Waals surface area contributed by atoms with Gasteiger partial charge in [-0.05, 0) is 29.8 Å². The van der Waals surface area contributed by atoms with Crippen LogP contribution in [0.15, 0.2) is 47.4 Å². The maximum absolute atomic E-state index is 11.9. The Morgan fingerprint density at radius 3 is 2.64 bits per heavy atom. The quantitative estimate of drug-likeness (QED) is 0.604. The van der Waals surface area contributed by atoms with Crippen molar-refractivity contribution in [2.24, 2.45) is 0 Å². The Morgan fingerprint density at radius 1 is 1.24 bits per heavy atom. The van der Waals surface area contributed by atoms with Crippen molar-refractivity contribution < 1.29 is 14.3 Å². The van der Waals surface area contributed by atoms with E-state index in [2.05, 4.69) is 5.32 Å². The van der Waals surface area contributed by atoms with Crippen molar-refractivity contribution in [2.75, 3.05) is 7.11 Å². The first kappa shape index (κ1) is 17.8. The van der Waals surface area contributed by atoms with Crippen LogP contribution in [0.1, 0.15) is 11.1 Å². The second kappa shape index (κ2) is 7.91. The van der Waals surface area contributed by atoms with Gasteiger partial charge in [0.15, 0.2) is 11.5 Å². The van der Waals surface area contributed by atoms with E-state index in [4.69, 9.17) is 33.3 Å². The van der Waals surface area contributed by atoms with Gasteiger partial charge in [0.25, 0.3) is 5.91 Å². The largest absolute Gasteiger partial charge is 0.493 e. The highest BCUT2D eigenvalue weighted by molar-refractivity contribution is 8.26. The molecule has 1 N–H and O–H groups in total. The molecule has 7 heteroatoms. The fraction of sp³-hybridized carbons (Fsp3) is 0.111. The summed E-state index contributed by atoms with van der Waals surface area (Å²) in [6, 6.07) is 12.9. The molecule has 0 saturated carbocycles. The zero-order valence-electron chi connectivity index (χ0n) is 13.2. The van der Waals surface area contributed by atoms with Gasteiger partial charge in [-0.2, -0.15) is 0 Å². The van der Waals surface area contributed by atoms with Crippen LogP contribution < -0.4 is 14.8 Å². The summed E-state index contributed by atoms with van der Waals surface area (Å²) in [7, 11) is 1.58. The van der Waals surface area contributed by atoms with E-state index < -0.39 is 0 Å². The number of halogens is 1. The molecule has 0 unspecified atom stereocenters. The van der Waals surface area contributed by atoms with Crippen LogP contribution in [0.5, 0.6) is 11.5 Å². The molecule has 1 aliphatic heterocycles. The zero-order valence-corrected chi connectivity index (χ0v) is 15.6. The Bertz CT molecular complexity index is 850. The van der Waals surface area contributed by atoms with Crippen molar-refractivity contribution in [2.45, 2.75) is 6.61 Å². The lowest BCUT2D eigenvalue weighted by Gasteiger charge is -2.14. The number of hydrogen-bond donors (Lipinski definition) is 1. The monoisotopic (exact) mass is 391 g/mol. The molecular weight excluding hydrogens is 378 g/mol. The number of thiocarbonyl (C=S) groups is 1. The molecule has 128 valence electrons. The maximum atomic E-state index is 11.9. The lowest BCUT2D eigenvalue weighted by molar-refractivity contribution is -0.115. The van der Waals surface area contributed by atoms with E-state index in [1.807, 2.05) is 42.5 Å². The van der Waals surface area contributed by atoms with E-state index in [0.717, 1.165) is 11.1 Å². The van der Waals surface area contributed by atoms with Crippen molar-refractivity contribution in [3.05, 3.63) is 63.5 Å². The van der Waals surface area contributed by atoms with E-state index >= 15 is 0 Å².